The molecule has 0 radical (unpaired) electrons. The van der Waals surface area contributed by atoms with Gasteiger partial charge in [-0.1, -0.05) is 29.8 Å². The van der Waals surface area contributed by atoms with E-state index in [2.05, 4.69) is 10.4 Å². The van der Waals surface area contributed by atoms with Crippen LogP contribution in [0, 0.1) is 6.92 Å². The molecule has 6 nitrogen and oxygen atoms in total. The largest absolute Gasteiger partial charge is 0.497 e. The monoisotopic (exact) mass is 386 g/mol. The van der Waals surface area contributed by atoms with Crippen molar-refractivity contribution in [2.45, 2.75) is 13.5 Å². The molecule has 1 amide bonds. The number of ether oxygens (including phenoxy) is 1. The zero-order valence-electron chi connectivity index (χ0n) is 16.4. The Morgan fingerprint density at radius 2 is 1.72 bits per heavy atom. The Balaban J connectivity index is 1.62. The van der Waals surface area contributed by atoms with Crippen molar-refractivity contribution in [3.05, 3.63) is 95.9 Å². The number of carbonyl (C=O) groups is 1. The number of nitrogens with one attached hydrogen (secondary N) is 1. The van der Waals surface area contributed by atoms with Crippen LogP contribution in [-0.2, 0) is 6.54 Å². The molecule has 0 fully saturated rings. The van der Waals surface area contributed by atoms with Gasteiger partial charge in [0.2, 0.25) is 0 Å². The van der Waals surface area contributed by atoms with E-state index in [-0.39, 0.29) is 5.91 Å². The van der Waals surface area contributed by atoms with E-state index in [0.717, 1.165) is 17.0 Å². The summed E-state index contributed by atoms with van der Waals surface area (Å²) in [5, 5.41) is 7.47. The van der Waals surface area contributed by atoms with Gasteiger partial charge in [-0.25, -0.2) is 4.68 Å². The molecule has 0 aliphatic rings. The van der Waals surface area contributed by atoms with Crippen LogP contribution in [0.4, 0.5) is 0 Å². The fourth-order valence-corrected chi connectivity index (χ4v) is 3.12. The first kappa shape index (κ1) is 18.6. The minimum Gasteiger partial charge on any atom is -0.497 e. The van der Waals surface area contributed by atoms with Crippen LogP contribution in [0.15, 0.2) is 79.3 Å². The molecule has 0 aliphatic carbocycles. The smallest absolute Gasteiger partial charge is 0.256 e. The Morgan fingerprint density at radius 1 is 1.03 bits per heavy atom. The minimum absolute atomic E-state index is 0.178. The average Bonchev–Trinajstić information content (AvgIpc) is 3.42. The maximum absolute atomic E-state index is 13.0. The van der Waals surface area contributed by atoms with Crippen molar-refractivity contribution < 1.29 is 9.53 Å². The molecular formula is C23H22N4O2. The molecule has 146 valence electrons. The van der Waals surface area contributed by atoms with Crippen molar-refractivity contribution >= 4 is 5.91 Å². The van der Waals surface area contributed by atoms with E-state index in [1.54, 1.807) is 18.0 Å². The van der Waals surface area contributed by atoms with Gasteiger partial charge < -0.3 is 14.6 Å². The number of hydrogen-bond donors (Lipinski definition) is 1. The van der Waals surface area contributed by atoms with Crippen LogP contribution in [-0.4, -0.2) is 27.4 Å². The second-order valence-corrected chi connectivity index (χ2v) is 6.75. The van der Waals surface area contributed by atoms with E-state index in [9.17, 15) is 4.79 Å². The molecule has 0 bridgehead atoms. The summed E-state index contributed by atoms with van der Waals surface area (Å²) in [6, 6.07) is 19.5. The van der Waals surface area contributed by atoms with Crippen LogP contribution in [0.1, 0.15) is 21.5 Å². The highest BCUT2D eigenvalue weighted by Crippen LogP contribution is 2.20. The zero-order chi connectivity index (χ0) is 20.2. The van der Waals surface area contributed by atoms with Crippen molar-refractivity contribution in [1.29, 1.82) is 0 Å². The van der Waals surface area contributed by atoms with E-state index in [1.165, 1.54) is 5.56 Å². The van der Waals surface area contributed by atoms with E-state index in [4.69, 9.17) is 4.74 Å². The zero-order valence-corrected chi connectivity index (χ0v) is 16.4. The first-order valence-corrected chi connectivity index (χ1v) is 9.35. The fraction of sp³-hybridized carbons (Fsp3) is 0.130. The lowest BCUT2D eigenvalue weighted by Gasteiger charge is -2.11. The number of nitrogens with zero attached hydrogens (tertiary/aromatic N) is 3. The molecule has 0 unspecified atom stereocenters. The lowest BCUT2D eigenvalue weighted by Crippen LogP contribution is -2.24. The standard InChI is InChI=1S/C23H22N4O2/c1-17-5-9-19(10-6-17)27-23(26-13-3-4-14-26)21(16-25-27)22(28)24-15-18-7-11-20(29-2)12-8-18/h3-14,16H,15H2,1-2H3,(H,24,28). The molecule has 0 atom stereocenters. The van der Waals surface area contributed by atoms with Gasteiger partial charge in [-0.2, -0.15) is 5.10 Å². The van der Waals surface area contributed by atoms with Crippen LogP contribution < -0.4 is 10.1 Å². The molecule has 0 spiro atoms. The summed E-state index contributed by atoms with van der Waals surface area (Å²) < 4.78 is 8.85. The van der Waals surface area contributed by atoms with E-state index < -0.39 is 0 Å². The van der Waals surface area contributed by atoms with Gasteiger partial charge in [-0.15, -0.1) is 0 Å². The van der Waals surface area contributed by atoms with Gasteiger partial charge >= 0.3 is 0 Å². The summed E-state index contributed by atoms with van der Waals surface area (Å²) in [5.74, 6) is 1.31. The van der Waals surface area contributed by atoms with Crippen LogP contribution in [0.5, 0.6) is 5.75 Å². The molecule has 0 saturated carbocycles. The molecule has 4 rings (SSSR count). The Bertz CT molecular complexity index is 1100. The van der Waals surface area contributed by atoms with Gasteiger partial charge in [0.1, 0.15) is 11.3 Å². The molecule has 1 N–H and O–H groups in total. The number of methoxy groups -OCH3 is 1. The average molecular weight is 386 g/mol. The van der Waals surface area contributed by atoms with Gasteiger partial charge in [-0.3, -0.25) is 4.79 Å². The van der Waals surface area contributed by atoms with Gasteiger partial charge in [0.05, 0.1) is 19.0 Å². The summed E-state index contributed by atoms with van der Waals surface area (Å²) in [5.41, 5.74) is 3.57. The number of carbonyl (C=O) groups excluding carboxylic acids is 1. The molecule has 6 heteroatoms. The number of aromatic nitrogens is 3. The van der Waals surface area contributed by atoms with Crippen molar-refractivity contribution in [2.24, 2.45) is 0 Å². The number of benzene rings is 2. The third kappa shape index (κ3) is 3.91. The third-order valence-corrected chi connectivity index (χ3v) is 4.73. The van der Waals surface area contributed by atoms with Gasteiger partial charge in [0, 0.05) is 18.9 Å². The van der Waals surface area contributed by atoms with Crippen LogP contribution in [0.3, 0.4) is 0 Å². The first-order chi connectivity index (χ1) is 14.2. The summed E-state index contributed by atoms with van der Waals surface area (Å²) in [6.45, 7) is 2.46. The quantitative estimate of drug-likeness (QED) is 0.547. The number of rotatable bonds is 6. The maximum atomic E-state index is 13.0. The highest BCUT2D eigenvalue weighted by atomic mass is 16.5. The molecule has 2 heterocycles. The van der Waals surface area contributed by atoms with Crippen LogP contribution in [0.2, 0.25) is 0 Å². The molecule has 0 saturated heterocycles. The lowest BCUT2D eigenvalue weighted by molar-refractivity contribution is 0.0951. The molecule has 2 aromatic heterocycles. The van der Waals surface area contributed by atoms with Crippen LogP contribution in [0.25, 0.3) is 11.5 Å². The van der Waals surface area contributed by atoms with Crippen molar-refractivity contribution in [3.8, 4) is 17.3 Å². The molecule has 4 aromatic rings. The highest BCUT2D eigenvalue weighted by Gasteiger charge is 2.19. The van der Waals surface area contributed by atoms with Crippen molar-refractivity contribution in [3.63, 3.8) is 0 Å². The van der Waals surface area contributed by atoms with Gasteiger partial charge in [-0.05, 0) is 48.9 Å². The predicted octanol–water partition coefficient (Wildman–Crippen LogP) is 3.91. The Kier molecular flexibility index (Phi) is 5.16. The summed E-state index contributed by atoms with van der Waals surface area (Å²) in [6.07, 6.45) is 5.42. The second kappa shape index (κ2) is 8.06. The maximum Gasteiger partial charge on any atom is 0.256 e. The van der Waals surface area contributed by atoms with E-state index in [0.29, 0.717) is 17.9 Å². The number of aryl methyl sites for hydroxylation is 1. The molecule has 2 aromatic carbocycles. The molecule has 29 heavy (non-hydrogen) atoms. The first-order valence-electron chi connectivity index (χ1n) is 9.35. The number of hydrogen-bond acceptors (Lipinski definition) is 3. The SMILES string of the molecule is COc1ccc(CNC(=O)c2cnn(-c3ccc(C)cc3)c2-n2cccc2)cc1. The normalized spacial score (nSPS) is 10.7. The van der Waals surface area contributed by atoms with Gasteiger partial charge in [0.15, 0.2) is 5.82 Å². The topological polar surface area (TPSA) is 61.1 Å². The van der Waals surface area contributed by atoms with E-state index in [1.807, 2.05) is 84.5 Å². The summed E-state index contributed by atoms with van der Waals surface area (Å²) in [7, 11) is 1.63. The fourth-order valence-electron chi connectivity index (χ4n) is 3.12. The predicted molar refractivity (Wildman–Crippen MR) is 112 cm³/mol. The Hall–Kier alpha value is -3.80. The minimum atomic E-state index is -0.178. The Labute approximate surface area is 169 Å². The molecule has 0 aliphatic heterocycles. The van der Waals surface area contributed by atoms with Crippen LogP contribution >= 0.6 is 0 Å². The third-order valence-electron chi connectivity index (χ3n) is 4.73. The summed E-state index contributed by atoms with van der Waals surface area (Å²) >= 11 is 0. The van der Waals surface area contributed by atoms with Gasteiger partial charge in [0.25, 0.3) is 5.91 Å². The Morgan fingerprint density at radius 3 is 2.38 bits per heavy atom. The second-order valence-electron chi connectivity index (χ2n) is 6.75. The number of amides is 1. The van der Waals surface area contributed by atoms with E-state index >= 15 is 0 Å². The van der Waals surface area contributed by atoms with Crippen molar-refractivity contribution in [1.82, 2.24) is 19.7 Å². The lowest BCUT2D eigenvalue weighted by atomic mass is 10.2. The van der Waals surface area contributed by atoms with Crippen molar-refractivity contribution in [2.75, 3.05) is 7.11 Å². The molecular weight excluding hydrogens is 364 g/mol. The highest BCUT2D eigenvalue weighted by molar-refractivity contribution is 5.97. The summed E-state index contributed by atoms with van der Waals surface area (Å²) in [4.78, 5) is 13.0.